The van der Waals surface area contributed by atoms with Gasteiger partial charge in [0.15, 0.2) is 0 Å². The van der Waals surface area contributed by atoms with Gasteiger partial charge in [0.25, 0.3) is 0 Å². The number of hydrogen-bond donors (Lipinski definition) is 1. The van der Waals surface area contributed by atoms with Crippen LogP contribution in [0.2, 0.25) is 0 Å². The van der Waals surface area contributed by atoms with Crippen molar-refractivity contribution in [1.29, 1.82) is 0 Å². The first-order chi connectivity index (χ1) is 8.74. The Morgan fingerprint density at radius 1 is 1.26 bits per heavy atom. The Balaban J connectivity index is 2.42. The first kappa shape index (κ1) is 17.0. The lowest BCUT2D eigenvalue weighted by Crippen LogP contribution is -2.46. The summed E-state index contributed by atoms with van der Waals surface area (Å²) in [5, 5.41) is 3.74. The van der Waals surface area contributed by atoms with Gasteiger partial charge in [0.1, 0.15) is 0 Å². The van der Waals surface area contributed by atoms with Crippen LogP contribution in [0.15, 0.2) is 0 Å². The van der Waals surface area contributed by atoms with Crippen molar-refractivity contribution in [1.82, 2.24) is 10.2 Å². The Morgan fingerprint density at radius 3 is 2.47 bits per heavy atom. The van der Waals surface area contributed by atoms with Crippen molar-refractivity contribution in [2.24, 2.45) is 10.8 Å². The molecule has 2 heteroatoms. The van der Waals surface area contributed by atoms with Gasteiger partial charge in [-0.3, -0.25) is 0 Å². The molecule has 0 amide bonds. The van der Waals surface area contributed by atoms with Crippen LogP contribution in [0.1, 0.15) is 67.2 Å². The lowest BCUT2D eigenvalue weighted by Gasteiger charge is -2.40. The number of piperidine rings is 1. The maximum absolute atomic E-state index is 3.74. The molecular weight excluding hydrogens is 232 g/mol. The van der Waals surface area contributed by atoms with Crippen LogP contribution in [0.25, 0.3) is 0 Å². The summed E-state index contributed by atoms with van der Waals surface area (Å²) >= 11 is 0. The Bertz CT molecular complexity index is 252. The Morgan fingerprint density at radius 2 is 1.95 bits per heavy atom. The molecule has 1 unspecified atom stereocenters. The third-order valence-electron chi connectivity index (χ3n) is 4.40. The molecule has 0 aromatic heterocycles. The van der Waals surface area contributed by atoms with Gasteiger partial charge in [0.2, 0.25) is 0 Å². The Hall–Kier alpha value is -0.0800. The molecule has 1 aliphatic heterocycles. The molecule has 0 radical (unpaired) electrons. The molecule has 0 aliphatic carbocycles. The Labute approximate surface area is 121 Å². The molecule has 0 bridgehead atoms. The van der Waals surface area contributed by atoms with Crippen molar-refractivity contribution in [2.75, 3.05) is 26.2 Å². The highest BCUT2D eigenvalue weighted by Gasteiger charge is 2.28. The van der Waals surface area contributed by atoms with E-state index in [9.17, 15) is 0 Å². The molecular formula is C17H36N2. The molecule has 1 heterocycles. The largest absolute Gasteiger partial charge is 0.313 e. The summed E-state index contributed by atoms with van der Waals surface area (Å²) in [4.78, 5) is 2.68. The summed E-state index contributed by atoms with van der Waals surface area (Å²) in [6.45, 7) is 19.1. The quantitative estimate of drug-likeness (QED) is 0.785. The number of rotatable bonds is 6. The second-order valence-electron chi connectivity index (χ2n) is 8.21. The summed E-state index contributed by atoms with van der Waals surface area (Å²) in [7, 11) is 0. The first-order valence-corrected chi connectivity index (χ1v) is 8.20. The van der Waals surface area contributed by atoms with E-state index in [-0.39, 0.29) is 0 Å². The second kappa shape index (κ2) is 7.08. The molecule has 2 nitrogen and oxygen atoms in total. The minimum absolute atomic E-state index is 0.362. The fourth-order valence-corrected chi connectivity index (χ4v) is 3.21. The average Bonchev–Trinajstić information content (AvgIpc) is 2.26. The minimum atomic E-state index is 0.362. The van der Waals surface area contributed by atoms with E-state index < -0.39 is 0 Å². The van der Waals surface area contributed by atoms with Gasteiger partial charge in [-0.2, -0.15) is 0 Å². The summed E-state index contributed by atoms with van der Waals surface area (Å²) < 4.78 is 0. The highest BCUT2D eigenvalue weighted by Crippen LogP contribution is 2.29. The summed E-state index contributed by atoms with van der Waals surface area (Å²) in [5.41, 5.74) is 0.882. The highest BCUT2D eigenvalue weighted by molar-refractivity contribution is 4.84. The SMILES string of the molecule is CCCNC(CCN1CCCC(C)(C)C1)C(C)(C)C. The molecule has 1 N–H and O–H groups in total. The monoisotopic (exact) mass is 268 g/mol. The van der Waals surface area contributed by atoms with Crippen molar-refractivity contribution < 1.29 is 0 Å². The zero-order valence-corrected chi connectivity index (χ0v) is 14.2. The number of hydrogen-bond acceptors (Lipinski definition) is 2. The van der Waals surface area contributed by atoms with Gasteiger partial charge >= 0.3 is 0 Å². The van der Waals surface area contributed by atoms with Gasteiger partial charge in [-0.1, -0.05) is 41.5 Å². The van der Waals surface area contributed by atoms with Crippen LogP contribution in [-0.4, -0.2) is 37.1 Å². The number of nitrogens with one attached hydrogen (secondary N) is 1. The number of nitrogens with zero attached hydrogens (tertiary/aromatic N) is 1. The van der Waals surface area contributed by atoms with Gasteiger partial charge < -0.3 is 10.2 Å². The molecule has 0 aromatic carbocycles. The topological polar surface area (TPSA) is 15.3 Å². The van der Waals surface area contributed by atoms with Gasteiger partial charge in [-0.25, -0.2) is 0 Å². The van der Waals surface area contributed by atoms with Crippen molar-refractivity contribution in [3.63, 3.8) is 0 Å². The molecule has 0 saturated carbocycles. The van der Waals surface area contributed by atoms with Gasteiger partial charge in [0.05, 0.1) is 0 Å². The highest BCUT2D eigenvalue weighted by atomic mass is 15.1. The van der Waals surface area contributed by atoms with E-state index in [1.807, 2.05) is 0 Å². The zero-order valence-electron chi connectivity index (χ0n) is 14.2. The van der Waals surface area contributed by atoms with Gasteiger partial charge in [0, 0.05) is 12.6 Å². The molecule has 1 fully saturated rings. The molecule has 114 valence electrons. The predicted octanol–water partition coefficient (Wildman–Crippen LogP) is 3.91. The van der Waals surface area contributed by atoms with Crippen LogP contribution < -0.4 is 5.32 Å². The third kappa shape index (κ3) is 6.27. The van der Waals surface area contributed by atoms with Crippen LogP contribution in [0.3, 0.4) is 0 Å². The van der Waals surface area contributed by atoms with Crippen LogP contribution in [0.4, 0.5) is 0 Å². The molecule has 1 rings (SSSR count). The van der Waals surface area contributed by atoms with Crippen molar-refractivity contribution >= 4 is 0 Å². The van der Waals surface area contributed by atoms with E-state index in [2.05, 4.69) is 51.8 Å². The van der Waals surface area contributed by atoms with E-state index in [0.717, 1.165) is 6.54 Å². The summed E-state index contributed by atoms with van der Waals surface area (Å²) in [6, 6.07) is 0.637. The molecule has 1 atom stereocenters. The average molecular weight is 268 g/mol. The summed E-state index contributed by atoms with van der Waals surface area (Å²) in [5.74, 6) is 0. The standard InChI is InChI=1S/C17H36N2/c1-7-11-18-15(16(2,3)4)9-13-19-12-8-10-17(5,6)14-19/h15,18H,7-14H2,1-6H3. The van der Waals surface area contributed by atoms with Crippen molar-refractivity contribution in [2.45, 2.75) is 73.3 Å². The minimum Gasteiger partial charge on any atom is -0.313 e. The fraction of sp³-hybridized carbons (Fsp3) is 1.00. The lowest BCUT2D eigenvalue weighted by atomic mass is 9.82. The second-order valence-corrected chi connectivity index (χ2v) is 8.21. The number of likely N-dealkylation sites (tertiary alicyclic amines) is 1. The van der Waals surface area contributed by atoms with Crippen LogP contribution >= 0.6 is 0 Å². The van der Waals surface area contributed by atoms with E-state index >= 15 is 0 Å². The van der Waals surface area contributed by atoms with E-state index in [1.165, 1.54) is 45.3 Å². The predicted molar refractivity (Wildman–Crippen MR) is 85.6 cm³/mol. The van der Waals surface area contributed by atoms with Gasteiger partial charge in [-0.15, -0.1) is 0 Å². The fourth-order valence-electron chi connectivity index (χ4n) is 3.21. The third-order valence-corrected chi connectivity index (χ3v) is 4.40. The lowest BCUT2D eigenvalue weighted by molar-refractivity contribution is 0.106. The first-order valence-electron chi connectivity index (χ1n) is 8.20. The van der Waals surface area contributed by atoms with E-state index in [4.69, 9.17) is 0 Å². The maximum Gasteiger partial charge on any atom is 0.0128 e. The maximum atomic E-state index is 3.74. The van der Waals surface area contributed by atoms with E-state index in [1.54, 1.807) is 0 Å². The zero-order chi connectivity index (χ0) is 14.5. The van der Waals surface area contributed by atoms with Crippen molar-refractivity contribution in [3.8, 4) is 0 Å². The molecule has 1 saturated heterocycles. The normalized spacial score (nSPS) is 22.4. The van der Waals surface area contributed by atoms with Gasteiger partial charge in [-0.05, 0) is 56.1 Å². The van der Waals surface area contributed by atoms with Crippen LogP contribution in [-0.2, 0) is 0 Å². The summed E-state index contributed by atoms with van der Waals surface area (Å²) in [6.07, 6.45) is 5.26. The molecule has 0 aromatic rings. The van der Waals surface area contributed by atoms with Crippen molar-refractivity contribution in [3.05, 3.63) is 0 Å². The molecule has 19 heavy (non-hydrogen) atoms. The molecule has 1 aliphatic rings. The van der Waals surface area contributed by atoms with E-state index in [0.29, 0.717) is 16.9 Å². The smallest absolute Gasteiger partial charge is 0.0128 e. The van der Waals surface area contributed by atoms with Crippen LogP contribution in [0.5, 0.6) is 0 Å². The Kier molecular flexibility index (Phi) is 6.32. The van der Waals surface area contributed by atoms with Crippen LogP contribution in [0, 0.1) is 10.8 Å². The molecule has 0 spiro atoms.